The van der Waals surface area contributed by atoms with Gasteiger partial charge in [0, 0.05) is 20.2 Å². The van der Waals surface area contributed by atoms with Crippen molar-refractivity contribution in [2.75, 3.05) is 18.8 Å². The van der Waals surface area contributed by atoms with Crippen LogP contribution in [-0.4, -0.2) is 41.6 Å². The van der Waals surface area contributed by atoms with Crippen molar-refractivity contribution in [1.29, 1.82) is 0 Å². The van der Waals surface area contributed by atoms with Crippen LogP contribution in [0.4, 0.5) is 18.9 Å². The fourth-order valence-electron chi connectivity index (χ4n) is 2.12. The van der Waals surface area contributed by atoms with E-state index in [1.165, 1.54) is 26.2 Å². The van der Waals surface area contributed by atoms with Crippen molar-refractivity contribution in [3.05, 3.63) is 48.0 Å². The molecule has 0 aliphatic carbocycles. The summed E-state index contributed by atoms with van der Waals surface area (Å²) in [6.45, 7) is 1.55. The van der Waals surface area contributed by atoms with E-state index in [0.29, 0.717) is 11.6 Å². The zero-order valence-electron chi connectivity index (χ0n) is 15.0. The number of hydrogen-bond donors (Lipinski definition) is 1. The van der Waals surface area contributed by atoms with Crippen LogP contribution < -0.4 is 9.46 Å². The van der Waals surface area contributed by atoms with Crippen molar-refractivity contribution in [3.8, 4) is 5.75 Å². The van der Waals surface area contributed by atoms with Gasteiger partial charge in [0.25, 0.3) is 10.0 Å². The molecule has 0 saturated heterocycles. The third-order valence-corrected chi connectivity index (χ3v) is 6.76. The number of nitrogens with one attached hydrogen (secondary N) is 1. The number of aryl methyl sites for hydroxylation is 1. The van der Waals surface area contributed by atoms with Crippen LogP contribution in [-0.2, 0) is 20.0 Å². The van der Waals surface area contributed by atoms with Crippen LogP contribution in [0.3, 0.4) is 0 Å². The average Bonchev–Trinajstić information content (AvgIpc) is 2.55. The molecule has 2 aromatic rings. The Kier molecular flexibility index (Phi) is 5.97. The van der Waals surface area contributed by atoms with E-state index in [4.69, 9.17) is 0 Å². The molecule has 0 aliphatic rings. The lowest BCUT2D eigenvalue weighted by Gasteiger charge is -2.15. The second-order valence-electron chi connectivity index (χ2n) is 5.89. The summed E-state index contributed by atoms with van der Waals surface area (Å²) >= 11 is 0. The molecular weight excluding hydrogens is 421 g/mol. The summed E-state index contributed by atoms with van der Waals surface area (Å²) < 4.78 is 93.5. The fourth-order valence-corrected chi connectivity index (χ4v) is 4.21. The van der Waals surface area contributed by atoms with Gasteiger partial charge in [0.1, 0.15) is 5.75 Å². The number of hydrogen-bond acceptors (Lipinski definition) is 5. The first-order valence-electron chi connectivity index (χ1n) is 7.64. The van der Waals surface area contributed by atoms with Gasteiger partial charge in [0.15, 0.2) is 0 Å². The number of nitrogens with zero attached hydrogens (tertiary/aromatic N) is 1. The molecule has 0 radical (unpaired) electrons. The van der Waals surface area contributed by atoms with Crippen LogP contribution >= 0.6 is 0 Å². The maximum Gasteiger partial charge on any atom is 0.573 e. The van der Waals surface area contributed by atoms with Gasteiger partial charge in [-0.25, -0.2) is 21.1 Å². The molecule has 0 amide bonds. The Morgan fingerprint density at radius 3 is 2.18 bits per heavy atom. The molecule has 0 aromatic heterocycles. The average molecular weight is 438 g/mol. The summed E-state index contributed by atoms with van der Waals surface area (Å²) in [5.74, 6) is -0.698. The van der Waals surface area contributed by atoms with Gasteiger partial charge in [0.2, 0.25) is 10.0 Å². The van der Waals surface area contributed by atoms with Gasteiger partial charge in [-0.3, -0.25) is 4.72 Å². The molecule has 0 bridgehead atoms. The minimum absolute atomic E-state index is 0.0231. The van der Waals surface area contributed by atoms with Crippen LogP contribution in [0.2, 0.25) is 0 Å². The van der Waals surface area contributed by atoms with E-state index in [1.54, 1.807) is 6.92 Å². The minimum Gasteiger partial charge on any atom is -0.406 e. The molecule has 0 aliphatic heterocycles. The molecule has 2 aromatic carbocycles. The second-order valence-corrected chi connectivity index (χ2v) is 9.73. The number of halogens is 3. The molecular formula is C16H17F3N2O5S2. The lowest BCUT2D eigenvalue weighted by molar-refractivity contribution is -0.274. The van der Waals surface area contributed by atoms with Gasteiger partial charge in [0.05, 0.1) is 15.5 Å². The van der Waals surface area contributed by atoms with E-state index in [1.807, 2.05) is 0 Å². The number of ether oxygens (including phenoxy) is 1. The van der Waals surface area contributed by atoms with Crippen LogP contribution in [0.5, 0.6) is 5.75 Å². The Bertz CT molecular complexity index is 1080. The Balaban J connectivity index is 2.41. The lowest BCUT2D eigenvalue weighted by Crippen LogP contribution is -2.22. The van der Waals surface area contributed by atoms with Crippen LogP contribution in [0, 0.1) is 6.92 Å². The zero-order valence-corrected chi connectivity index (χ0v) is 16.6. The van der Waals surface area contributed by atoms with Gasteiger partial charge < -0.3 is 4.74 Å². The first kappa shape index (κ1) is 22.0. The third-order valence-electron chi connectivity index (χ3n) is 3.58. The molecule has 0 unspecified atom stereocenters. The van der Waals surface area contributed by atoms with Gasteiger partial charge in [-0.1, -0.05) is 12.1 Å². The zero-order chi connectivity index (χ0) is 21.3. The molecule has 0 spiro atoms. The van der Waals surface area contributed by atoms with E-state index in [0.717, 1.165) is 28.6 Å². The first-order valence-corrected chi connectivity index (χ1v) is 10.6. The van der Waals surface area contributed by atoms with Crippen LogP contribution in [0.15, 0.2) is 52.3 Å². The largest absolute Gasteiger partial charge is 0.573 e. The Hall–Kier alpha value is -2.31. The summed E-state index contributed by atoms with van der Waals surface area (Å²) in [4.78, 5) is -0.621. The Morgan fingerprint density at radius 1 is 0.964 bits per heavy atom. The molecule has 28 heavy (non-hydrogen) atoms. The lowest BCUT2D eigenvalue weighted by atomic mass is 10.2. The van der Waals surface area contributed by atoms with Gasteiger partial charge in [-0.05, 0) is 36.8 Å². The summed E-state index contributed by atoms with van der Waals surface area (Å²) in [5.41, 5.74) is 0.397. The van der Waals surface area contributed by atoms with E-state index in [9.17, 15) is 30.0 Å². The normalized spacial score (nSPS) is 12.8. The molecule has 0 heterocycles. The highest BCUT2D eigenvalue weighted by Crippen LogP contribution is 2.28. The quantitative estimate of drug-likeness (QED) is 0.749. The smallest absolute Gasteiger partial charge is 0.406 e. The summed E-state index contributed by atoms with van der Waals surface area (Å²) in [6, 6.07) is 7.72. The number of anilines is 1. The summed E-state index contributed by atoms with van der Waals surface area (Å²) in [6.07, 6.45) is -4.97. The molecule has 154 valence electrons. The number of alkyl halides is 3. The topological polar surface area (TPSA) is 92.8 Å². The maximum absolute atomic E-state index is 12.6. The summed E-state index contributed by atoms with van der Waals surface area (Å²) in [7, 11) is -5.46. The van der Waals surface area contributed by atoms with E-state index in [2.05, 4.69) is 9.46 Å². The molecule has 0 saturated carbocycles. The molecule has 7 nitrogen and oxygen atoms in total. The van der Waals surface area contributed by atoms with Crippen molar-refractivity contribution in [1.82, 2.24) is 4.31 Å². The first-order chi connectivity index (χ1) is 12.7. The highest BCUT2D eigenvalue weighted by Gasteiger charge is 2.31. The molecule has 0 fully saturated rings. The number of sulfonamides is 2. The van der Waals surface area contributed by atoms with Crippen molar-refractivity contribution in [2.45, 2.75) is 23.1 Å². The summed E-state index contributed by atoms with van der Waals surface area (Å²) in [5, 5.41) is 0. The van der Waals surface area contributed by atoms with Gasteiger partial charge in [-0.2, -0.15) is 0 Å². The number of rotatable bonds is 6. The SMILES string of the molecule is Cc1ccc(S(=O)(=O)N(C)C)cc1NS(=O)(=O)c1cccc(OC(F)(F)F)c1. The highest BCUT2D eigenvalue weighted by molar-refractivity contribution is 7.92. The predicted molar refractivity (Wildman–Crippen MR) is 96.0 cm³/mol. The van der Waals surface area contributed by atoms with Crippen molar-refractivity contribution in [2.24, 2.45) is 0 Å². The van der Waals surface area contributed by atoms with Crippen LogP contribution in [0.25, 0.3) is 0 Å². The predicted octanol–water partition coefficient (Wildman–Crippen LogP) is 2.94. The van der Waals surface area contributed by atoms with Gasteiger partial charge in [-0.15, -0.1) is 13.2 Å². The van der Waals surface area contributed by atoms with E-state index in [-0.39, 0.29) is 10.6 Å². The standard InChI is InChI=1S/C16H17F3N2O5S2/c1-11-7-8-14(28(24,25)21(2)3)10-15(11)20-27(22,23)13-6-4-5-12(9-13)26-16(17,18)19/h4-10,20H,1-3H3. The molecule has 2 rings (SSSR count). The minimum atomic E-state index is -4.97. The monoisotopic (exact) mass is 438 g/mol. The fraction of sp³-hybridized carbons (Fsp3) is 0.250. The van der Waals surface area contributed by atoms with E-state index < -0.39 is 37.1 Å². The van der Waals surface area contributed by atoms with E-state index >= 15 is 0 Å². The van der Waals surface area contributed by atoms with Gasteiger partial charge >= 0.3 is 6.36 Å². The van der Waals surface area contributed by atoms with Crippen molar-refractivity contribution < 1.29 is 34.7 Å². The number of benzene rings is 2. The Morgan fingerprint density at radius 2 is 1.61 bits per heavy atom. The van der Waals surface area contributed by atoms with Crippen molar-refractivity contribution >= 4 is 25.7 Å². The van der Waals surface area contributed by atoms with Crippen LogP contribution in [0.1, 0.15) is 5.56 Å². The molecule has 0 atom stereocenters. The second kappa shape index (κ2) is 7.60. The highest BCUT2D eigenvalue weighted by atomic mass is 32.2. The molecule has 1 N–H and O–H groups in total. The van der Waals surface area contributed by atoms with Crippen molar-refractivity contribution in [3.63, 3.8) is 0 Å². The third kappa shape index (κ3) is 5.14. The molecule has 12 heteroatoms. The Labute approximate surface area is 160 Å². The maximum atomic E-state index is 12.6.